The zero-order valence-corrected chi connectivity index (χ0v) is 17.2. The molecule has 154 valence electrons. The highest BCUT2D eigenvalue weighted by molar-refractivity contribution is 5.97. The van der Waals surface area contributed by atoms with E-state index in [9.17, 15) is 9.59 Å². The normalized spacial score (nSPS) is 21.6. The van der Waals surface area contributed by atoms with Crippen molar-refractivity contribution in [2.75, 3.05) is 66.0 Å². The molecule has 0 N–H and O–H groups in total. The number of nitrogens with zero attached hydrogens (tertiary/aromatic N) is 6. The standard InChI is InChI=1S/C20H32N6O2/c1-3-23-10-14-25(15-11-23)20(28)18-21-17(16-6-4-5-7-26(16)18)19(27)24-12-8-22(2)9-13-24/h3-15H2,1-2H3. The number of fused-ring (bicyclic) bond motifs is 1. The molecular weight excluding hydrogens is 356 g/mol. The van der Waals surface area contributed by atoms with Crippen molar-refractivity contribution in [3.63, 3.8) is 0 Å². The first-order valence-electron chi connectivity index (χ1n) is 10.7. The smallest absolute Gasteiger partial charge is 0.289 e. The van der Waals surface area contributed by atoms with Gasteiger partial charge in [-0.2, -0.15) is 0 Å². The number of amides is 2. The minimum atomic E-state index is -0.0173. The van der Waals surface area contributed by atoms with Crippen LogP contribution in [0.15, 0.2) is 0 Å². The fourth-order valence-corrected chi connectivity index (χ4v) is 4.45. The third-order valence-electron chi connectivity index (χ3n) is 6.41. The van der Waals surface area contributed by atoms with Crippen LogP contribution < -0.4 is 0 Å². The van der Waals surface area contributed by atoms with Crippen LogP contribution in [0.5, 0.6) is 0 Å². The molecule has 0 atom stereocenters. The van der Waals surface area contributed by atoms with Crippen LogP contribution in [0.25, 0.3) is 0 Å². The molecule has 1 aromatic rings. The van der Waals surface area contributed by atoms with Crippen molar-refractivity contribution in [2.24, 2.45) is 0 Å². The molecule has 0 saturated carbocycles. The molecule has 0 spiro atoms. The number of rotatable bonds is 3. The first-order chi connectivity index (χ1) is 13.6. The van der Waals surface area contributed by atoms with Gasteiger partial charge in [-0.1, -0.05) is 6.92 Å². The Morgan fingerprint density at radius 1 is 0.857 bits per heavy atom. The van der Waals surface area contributed by atoms with Gasteiger partial charge in [-0.25, -0.2) is 4.98 Å². The van der Waals surface area contributed by atoms with Crippen molar-refractivity contribution in [1.82, 2.24) is 29.2 Å². The molecule has 1 aromatic heterocycles. The lowest BCUT2D eigenvalue weighted by molar-refractivity contribution is 0.0625. The quantitative estimate of drug-likeness (QED) is 0.749. The van der Waals surface area contributed by atoms with E-state index in [4.69, 9.17) is 0 Å². The second kappa shape index (κ2) is 8.21. The Hall–Kier alpha value is -1.93. The summed E-state index contributed by atoms with van der Waals surface area (Å²) < 4.78 is 2.03. The summed E-state index contributed by atoms with van der Waals surface area (Å²) >= 11 is 0. The molecule has 4 rings (SSSR count). The summed E-state index contributed by atoms with van der Waals surface area (Å²) in [5.74, 6) is 0.446. The molecule has 0 unspecified atom stereocenters. The number of hydrogen-bond acceptors (Lipinski definition) is 5. The van der Waals surface area contributed by atoms with E-state index >= 15 is 0 Å². The Balaban J connectivity index is 1.57. The Morgan fingerprint density at radius 3 is 2.18 bits per heavy atom. The molecule has 8 nitrogen and oxygen atoms in total. The van der Waals surface area contributed by atoms with Crippen molar-refractivity contribution in [3.05, 3.63) is 17.2 Å². The maximum Gasteiger partial charge on any atom is 0.289 e. The summed E-state index contributed by atoms with van der Waals surface area (Å²) in [5.41, 5.74) is 1.48. The number of carbonyl (C=O) groups excluding carboxylic acids is 2. The molecule has 0 radical (unpaired) electrons. The fraction of sp³-hybridized carbons (Fsp3) is 0.750. The van der Waals surface area contributed by atoms with Gasteiger partial charge in [0.1, 0.15) is 5.69 Å². The number of piperazine rings is 2. The lowest BCUT2D eigenvalue weighted by Crippen LogP contribution is -2.49. The van der Waals surface area contributed by atoms with Gasteiger partial charge in [0.05, 0.1) is 5.69 Å². The highest BCUT2D eigenvalue weighted by Crippen LogP contribution is 2.24. The second-order valence-electron chi connectivity index (χ2n) is 8.16. The monoisotopic (exact) mass is 388 g/mol. The SMILES string of the molecule is CCN1CCN(C(=O)c2nc(C(=O)N3CCN(C)CC3)c3n2CCCC3)CC1. The maximum absolute atomic E-state index is 13.2. The number of hydrogen-bond donors (Lipinski definition) is 0. The van der Waals surface area contributed by atoms with Crippen LogP contribution in [0, 0.1) is 0 Å². The predicted octanol–water partition coefficient (Wildman–Crippen LogP) is 0.385. The molecule has 0 bridgehead atoms. The Kier molecular flexibility index (Phi) is 5.68. The van der Waals surface area contributed by atoms with Crippen LogP contribution in [-0.2, 0) is 13.0 Å². The summed E-state index contributed by atoms with van der Waals surface area (Å²) in [7, 11) is 2.08. The van der Waals surface area contributed by atoms with E-state index < -0.39 is 0 Å². The molecule has 4 heterocycles. The largest absolute Gasteiger partial charge is 0.335 e. The lowest BCUT2D eigenvalue weighted by Gasteiger charge is -2.34. The van der Waals surface area contributed by atoms with E-state index in [1.165, 1.54) is 0 Å². The molecule has 2 amide bonds. The average Bonchev–Trinajstić information content (AvgIpc) is 3.13. The first-order valence-corrected chi connectivity index (χ1v) is 10.7. The molecule has 3 aliphatic rings. The van der Waals surface area contributed by atoms with Crippen LogP contribution in [0.1, 0.15) is 46.6 Å². The van der Waals surface area contributed by atoms with Gasteiger partial charge in [0.15, 0.2) is 5.82 Å². The van der Waals surface area contributed by atoms with Crippen LogP contribution in [-0.4, -0.2) is 107 Å². The zero-order valence-electron chi connectivity index (χ0n) is 17.2. The van der Waals surface area contributed by atoms with Crippen molar-refractivity contribution in [3.8, 4) is 0 Å². The lowest BCUT2D eigenvalue weighted by atomic mass is 10.1. The summed E-state index contributed by atoms with van der Waals surface area (Å²) in [6.07, 6.45) is 2.92. The van der Waals surface area contributed by atoms with Crippen LogP contribution >= 0.6 is 0 Å². The van der Waals surface area contributed by atoms with Crippen LogP contribution in [0.3, 0.4) is 0 Å². The summed E-state index contributed by atoms with van der Waals surface area (Å²) in [4.78, 5) is 39.4. The van der Waals surface area contributed by atoms with Crippen molar-refractivity contribution >= 4 is 11.8 Å². The minimum absolute atomic E-state index is 0.00592. The van der Waals surface area contributed by atoms with E-state index in [0.29, 0.717) is 11.5 Å². The number of carbonyl (C=O) groups is 2. The van der Waals surface area contributed by atoms with Gasteiger partial charge < -0.3 is 24.2 Å². The predicted molar refractivity (Wildman–Crippen MR) is 107 cm³/mol. The molecule has 2 saturated heterocycles. The number of likely N-dealkylation sites (N-methyl/N-ethyl adjacent to an activating group) is 2. The summed E-state index contributed by atoms with van der Waals surface area (Å²) in [5, 5.41) is 0. The molecule has 2 fully saturated rings. The van der Waals surface area contributed by atoms with Crippen LogP contribution in [0.4, 0.5) is 0 Å². The minimum Gasteiger partial charge on any atom is -0.335 e. The number of aromatic nitrogens is 2. The van der Waals surface area contributed by atoms with Gasteiger partial charge in [-0.05, 0) is 32.9 Å². The van der Waals surface area contributed by atoms with Crippen LogP contribution in [0.2, 0.25) is 0 Å². The van der Waals surface area contributed by atoms with Gasteiger partial charge in [0.2, 0.25) is 0 Å². The van der Waals surface area contributed by atoms with Gasteiger partial charge in [-0.3, -0.25) is 9.59 Å². The van der Waals surface area contributed by atoms with E-state index in [0.717, 1.165) is 90.4 Å². The summed E-state index contributed by atoms with van der Waals surface area (Å²) in [6.45, 7) is 10.5. The van der Waals surface area contributed by atoms with E-state index in [-0.39, 0.29) is 11.8 Å². The van der Waals surface area contributed by atoms with Gasteiger partial charge in [0, 0.05) is 58.9 Å². The third-order valence-corrected chi connectivity index (χ3v) is 6.41. The molecule has 8 heteroatoms. The van der Waals surface area contributed by atoms with Gasteiger partial charge in [-0.15, -0.1) is 0 Å². The van der Waals surface area contributed by atoms with Gasteiger partial charge >= 0.3 is 0 Å². The fourth-order valence-electron chi connectivity index (χ4n) is 4.45. The third kappa shape index (κ3) is 3.67. The van der Waals surface area contributed by atoms with E-state index in [1.54, 1.807) is 0 Å². The molecular formula is C20H32N6O2. The number of imidazole rings is 1. The highest BCUT2D eigenvalue weighted by Gasteiger charge is 2.33. The molecule has 0 aliphatic carbocycles. The molecule has 3 aliphatic heterocycles. The van der Waals surface area contributed by atoms with Gasteiger partial charge in [0.25, 0.3) is 11.8 Å². The molecule has 28 heavy (non-hydrogen) atoms. The Morgan fingerprint density at radius 2 is 1.50 bits per heavy atom. The maximum atomic E-state index is 13.2. The summed E-state index contributed by atoms with van der Waals surface area (Å²) in [6, 6.07) is 0. The Labute approximate surface area is 167 Å². The topological polar surface area (TPSA) is 64.9 Å². The highest BCUT2D eigenvalue weighted by atomic mass is 16.2. The first kappa shape index (κ1) is 19.4. The average molecular weight is 389 g/mol. The van der Waals surface area contributed by atoms with Crippen molar-refractivity contribution < 1.29 is 9.59 Å². The zero-order chi connectivity index (χ0) is 19.7. The second-order valence-corrected chi connectivity index (χ2v) is 8.16. The van der Waals surface area contributed by atoms with Crippen molar-refractivity contribution in [2.45, 2.75) is 32.7 Å². The molecule has 0 aromatic carbocycles. The Bertz CT molecular complexity index is 729. The van der Waals surface area contributed by atoms with Crippen molar-refractivity contribution in [1.29, 1.82) is 0 Å². The van der Waals surface area contributed by atoms with E-state index in [1.807, 2.05) is 14.4 Å². The van der Waals surface area contributed by atoms with E-state index in [2.05, 4.69) is 28.8 Å².